The van der Waals surface area contributed by atoms with Gasteiger partial charge in [-0.3, -0.25) is 0 Å². The van der Waals surface area contributed by atoms with Gasteiger partial charge in [-0.1, -0.05) is 26.3 Å². The lowest BCUT2D eigenvalue weighted by molar-refractivity contribution is 0.0267. The van der Waals surface area contributed by atoms with Gasteiger partial charge in [0.1, 0.15) is 0 Å². The third kappa shape index (κ3) is 5.52. The second-order valence-corrected chi connectivity index (χ2v) is 7.65. The molecule has 1 aliphatic rings. The molecule has 2 rings (SSSR count). The molecular formula is C16H27NO2S. The van der Waals surface area contributed by atoms with Crippen molar-refractivity contribution >= 4 is 11.3 Å². The number of rotatable bonds is 7. The topological polar surface area (TPSA) is 41.5 Å². The van der Waals surface area contributed by atoms with Crippen molar-refractivity contribution in [2.24, 2.45) is 5.41 Å². The Hall–Kier alpha value is -0.420. The van der Waals surface area contributed by atoms with Crippen LogP contribution in [0.3, 0.4) is 0 Å². The summed E-state index contributed by atoms with van der Waals surface area (Å²) in [6.45, 7) is 6.31. The Morgan fingerprint density at radius 1 is 1.55 bits per heavy atom. The van der Waals surface area contributed by atoms with Crippen molar-refractivity contribution in [2.45, 2.75) is 58.3 Å². The molecule has 0 amide bonds. The van der Waals surface area contributed by atoms with Crippen LogP contribution in [-0.2, 0) is 11.3 Å². The van der Waals surface area contributed by atoms with Crippen LogP contribution in [0.4, 0.5) is 0 Å². The number of hydrogen-bond donors (Lipinski definition) is 2. The molecule has 20 heavy (non-hydrogen) atoms. The van der Waals surface area contributed by atoms with Crippen molar-refractivity contribution in [1.29, 1.82) is 0 Å². The van der Waals surface area contributed by atoms with Gasteiger partial charge in [0, 0.05) is 17.5 Å². The summed E-state index contributed by atoms with van der Waals surface area (Å²) in [5.74, 6) is 0. The summed E-state index contributed by atoms with van der Waals surface area (Å²) in [6.07, 6.45) is 4.62. The molecule has 0 bridgehead atoms. The van der Waals surface area contributed by atoms with E-state index in [9.17, 15) is 5.11 Å². The summed E-state index contributed by atoms with van der Waals surface area (Å²) in [6, 6.07) is 4.62. The first-order valence-corrected chi connectivity index (χ1v) is 8.45. The fraction of sp³-hybridized carbons (Fsp3) is 0.750. The van der Waals surface area contributed by atoms with Crippen LogP contribution in [0.2, 0.25) is 0 Å². The number of hydrogen-bond acceptors (Lipinski definition) is 4. The summed E-state index contributed by atoms with van der Waals surface area (Å²) < 4.78 is 5.54. The molecule has 3 nitrogen and oxygen atoms in total. The van der Waals surface area contributed by atoms with E-state index in [1.807, 2.05) is 11.4 Å². The maximum Gasteiger partial charge on any atom is 0.0897 e. The Morgan fingerprint density at radius 2 is 2.40 bits per heavy atom. The Morgan fingerprint density at radius 3 is 3.10 bits per heavy atom. The van der Waals surface area contributed by atoms with Crippen molar-refractivity contribution in [3.63, 3.8) is 0 Å². The molecule has 2 N–H and O–H groups in total. The van der Waals surface area contributed by atoms with E-state index in [0.717, 1.165) is 0 Å². The molecule has 0 saturated heterocycles. The first-order valence-electron chi connectivity index (χ1n) is 7.57. The zero-order chi connectivity index (χ0) is 14.4. The number of aliphatic hydroxyl groups is 1. The van der Waals surface area contributed by atoms with E-state index in [0.29, 0.717) is 31.2 Å². The van der Waals surface area contributed by atoms with Crippen LogP contribution in [0.15, 0.2) is 17.5 Å². The molecule has 0 aromatic carbocycles. The molecule has 1 aliphatic carbocycles. The lowest BCUT2D eigenvalue weighted by Crippen LogP contribution is -2.41. The Kier molecular flexibility index (Phi) is 6.02. The van der Waals surface area contributed by atoms with Crippen LogP contribution in [-0.4, -0.2) is 30.4 Å². The van der Waals surface area contributed by atoms with E-state index < -0.39 is 6.10 Å². The SMILES string of the molecule is CC1(C)CCCC(NCC(O)COCc2cccs2)C1. The summed E-state index contributed by atoms with van der Waals surface area (Å²) in [7, 11) is 0. The standard InChI is InChI=1S/C16H27NO2S/c1-16(2)7-3-5-13(9-16)17-10-14(18)11-19-12-15-6-4-8-20-15/h4,6,8,13-14,17-18H,3,5,7,9-12H2,1-2H3. The summed E-state index contributed by atoms with van der Waals surface area (Å²) in [4.78, 5) is 1.21. The monoisotopic (exact) mass is 297 g/mol. The molecule has 1 aromatic rings. The molecule has 0 aliphatic heterocycles. The van der Waals surface area contributed by atoms with E-state index in [-0.39, 0.29) is 0 Å². The van der Waals surface area contributed by atoms with Crippen LogP contribution in [0.25, 0.3) is 0 Å². The molecule has 0 spiro atoms. The van der Waals surface area contributed by atoms with Gasteiger partial charge in [-0.15, -0.1) is 11.3 Å². The van der Waals surface area contributed by atoms with Crippen molar-refractivity contribution < 1.29 is 9.84 Å². The van der Waals surface area contributed by atoms with Crippen LogP contribution in [0.5, 0.6) is 0 Å². The van der Waals surface area contributed by atoms with Gasteiger partial charge in [0.15, 0.2) is 0 Å². The van der Waals surface area contributed by atoms with Gasteiger partial charge in [0.2, 0.25) is 0 Å². The van der Waals surface area contributed by atoms with E-state index in [4.69, 9.17) is 4.74 Å². The van der Waals surface area contributed by atoms with E-state index in [1.165, 1.54) is 30.6 Å². The number of nitrogens with one attached hydrogen (secondary N) is 1. The molecule has 2 unspecified atom stereocenters. The maximum atomic E-state index is 9.95. The smallest absolute Gasteiger partial charge is 0.0897 e. The summed E-state index contributed by atoms with van der Waals surface area (Å²) in [5, 5.41) is 15.5. The van der Waals surface area contributed by atoms with Gasteiger partial charge < -0.3 is 15.2 Å². The van der Waals surface area contributed by atoms with Gasteiger partial charge in [-0.05, 0) is 36.1 Å². The zero-order valence-corrected chi connectivity index (χ0v) is 13.4. The quantitative estimate of drug-likeness (QED) is 0.812. The Bertz CT molecular complexity index is 378. The lowest BCUT2D eigenvalue weighted by atomic mass is 9.75. The third-order valence-corrected chi connectivity index (χ3v) is 4.83. The highest BCUT2D eigenvalue weighted by molar-refractivity contribution is 7.09. The second-order valence-electron chi connectivity index (χ2n) is 6.61. The summed E-state index contributed by atoms with van der Waals surface area (Å²) in [5.41, 5.74) is 0.441. The fourth-order valence-electron chi connectivity index (χ4n) is 2.92. The van der Waals surface area contributed by atoms with Gasteiger partial charge in [-0.25, -0.2) is 0 Å². The zero-order valence-electron chi connectivity index (χ0n) is 12.6. The normalized spacial score (nSPS) is 23.6. The van der Waals surface area contributed by atoms with Crippen molar-refractivity contribution in [3.05, 3.63) is 22.4 Å². The average molecular weight is 297 g/mol. The van der Waals surface area contributed by atoms with Gasteiger partial charge in [0.25, 0.3) is 0 Å². The molecule has 1 aromatic heterocycles. The van der Waals surface area contributed by atoms with Crippen LogP contribution >= 0.6 is 11.3 Å². The second kappa shape index (κ2) is 7.55. The Balaban J connectivity index is 1.59. The summed E-state index contributed by atoms with van der Waals surface area (Å²) >= 11 is 1.69. The average Bonchev–Trinajstić information content (AvgIpc) is 2.88. The first kappa shape index (κ1) is 16.0. The molecule has 4 heteroatoms. The molecule has 1 heterocycles. The molecule has 114 valence electrons. The van der Waals surface area contributed by atoms with Gasteiger partial charge in [0.05, 0.1) is 19.3 Å². The van der Waals surface area contributed by atoms with Crippen molar-refractivity contribution in [3.8, 4) is 0 Å². The highest BCUT2D eigenvalue weighted by Crippen LogP contribution is 2.34. The highest BCUT2D eigenvalue weighted by Gasteiger charge is 2.27. The minimum Gasteiger partial charge on any atom is -0.389 e. The number of aliphatic hydroxyl groups excluding tert-OH is 1. The molecule has 0 radical (unpaired) electrons. The highest BCUT2D eigenvalue weighted by atomic mass is 32.1. The van der Waals surface area contributed by atoms with Crippen LogP contribution in [0, 0.1) is 5.41 Å². The molecule has 1 fully saturated rings. The molecule has 2 atom stereocenters. The van der Waals surface area contributed by atoms with Gasteiger partial charge >= 0.3 is 0 Å². The number of thiophene rings is 1. The predicted molar refractivity (Wildman–Crippen MR) is 84.0 cm³/mol. The minimum absolute atomic E-state index is 0.404. The molecule has 1 saturated carbocycles. The largest absolute Gasteiger partial charge is 0.389 e. The van der Waals surface area contributed by atoms with Crippen molar-refractivity contribution in [1.82, 2.24) is 5.32 Å². The van der Waals surface area contributed by atoms with E-state index in [2.05, 4.69) is 25.2 Å². The lowest BCUT2D eigenvalue weighted by Gasteiger charge is -2.36. The first-order chi connectivity index (χ1) is 9.55. The maximum absolute atomic E-state index is 9.95. The fourth-order valence-corrected chi connectivity index (χ4v) is 3.56. The number of ether oxygens (including phenoxy) is 1. The molecular weight excluding hydrogens is 270 g/mol. The van der Waals surface area contributed by atoms with E-state index in [1.54, 1.807) is 11.3 Å². The third-order valence-electron chi connectivity index (χ3n) is 3.98. The van der Waals surface area contributed by atoms with Gasteiger partial charge in [-0.2, -0.15) is 0 Å². The van der Waals surface area contributed by atoms with E-state index >= 15 is 0 Å². The van der Waals surface area contributed by atoms with Crippen LogP contribution < -0.4 is 5.32 Å². The Labute approximate surface area is 126 Å². The van der Waals surface area contributed by atoms with Crippen molar-refractivity contribution in [2.75, 3.05) is 13.2 Å². The predicted octanol–water partition coefficient (Wildman–Crippen LogP) is 3.18. The van der Waals surface area contributed by atoms with Crippen LogP contribution in [0.1, 0.15) is 44.4 Å². The minimum atomic E-state index is -0.417.